The van der Waals surface area contributed by atoms with E-state index in [1.54, 1.807) is 28.4 Å². The van der Waals surface area contributed by atoms with Crippen LogP contribution in [0.3, 0.4) is 0 Å². The number of carbonyl (C=O) groups is 1. The second-order valence-electron chi connectivity index (χ2n) is 5.30. The number of hydrogen-bond acceptors (Lipinski definition) is 4. The molecule has 6 nitrogen and oxygen atoms in total. The van der Waals surface area contributed by atoms with E-state index in [0.29, 0.717) is 13.1 Å². The van der Waals surface area contributed by atoms with Crippen molar-refractivity contribution < 1.29 is 9.32 Å². The number of anilines is 2. The van der Waals surface area contributed by atoms with E-state index in [-0.39, 0.29) is 6.03 Å². The molecule has 6 heteroatoms. The zero-order valence-corrected chi connectivity index (χ0v) is 12.1. The van der Waals surface area contributed by atoms with E-state index in [4.69, 9.17) is 4.52 Å². The van der Waals surface area contributed by atoms with E-state index in [1.165, 1.54) is 0 Å². The van der Waals surface area contributed by atoms with Gasteiger partial charge in [0.05, 0.1) is 18.1 Å². The minimum atomic E-state index is -0.0353. The second kappa shape index (κ2) is 4.84. The van der Waals surface area contributed by atoms with Crippen LogP contribution < -0.4 is 9.80 Å². The Morgan fingerprint density at radius 1 is 1.14 bits per heavy atom. The van der Waals surface area contributed by atoms with Gasteiger partial charge < -0.3 is 4.52 Å². The first-order valence-corrected chi connectivity index (χ1v) is 7.08. The van der Waals surface area contributed by atoms with Crippen LogP contribution in [0, 0.1) is 6.92 Å². The summed E-state index contributed by atoms with van der Waals surface area (Å²) in [5, 5.41) is 4.66. The molecule has 0 atom stereocenters. The molecule has 0 radical (unpaired) electrons. The lowest BCUT2D eigenvalue weighted by Crippen LogP contribution is -2.32. The molecule has 3 aromatic rings. The number of rotatable bonds is 2. The number of nitrogens with zero attached hydrogens (tertiary/aromatic N) is 4. The molecule has 22 heavy (non-hydrogen) atoms. The largest absolute Gasteiger partial charge is 0.356 e. The fourth-order valence-electron chi connectivity index (χ4n) is 2.77. The minimum absolute atomic E-state index is 0.0353. The summed E-state index contributed by atoms with van der Waals surface area (Å²) >= 11 is 0. The Kier molecular flexibility index (Phi) is 2.82. The van der Waals surface area contributed by atoms with Crippen molar-refractivity contribution in [3.8, 4) is 0 Å². The molecule has 0 aliphatic carbocycles. The molecule has 0 saturated carbocycles. The molecule has 0 unspecified atom stereocenters. The van der Waals surface area contributed by atoms with Gasteiger partial charge in [-0.05, 0) is 36.8 Å². The fourth-order valence-corrected chi connectivity index (χ4v) is 2.77. The predicted octanol–water partition coefficient (Wildman–Crippen LogP) is 2.98. The normalized spacial score (nSPS) is 15.0. The minimum Gasteiger partial charge on any atom is -0.356 e. The number of amides is 2. The van der Waals surface area contributed by atoms with Crippen LogP contribution in [0.25, 0.3) is 11.0 Å². The Labute approximate surface area is 126 Å². The van der Waals surface area contributed by atoms with Crippen LogP contribution in [-0.4, -0.2) is 29.3 Å². The molecule has 4 rings (SSSR count). The van der Waals surface area contributed by atoms with Gasteiger partial charge in [0.2, 0.25) is 0 Å². The van der Waals surface area contributed by atoms with Crippen LogP contribution in [0.15, 0.2) is 47.4 Å². The molecule has 0 spiro atoms. The first-order valence-electron chi connectivity index (χ1n) is 7.08. The van der Waals surface area contributed by atoms with Crippen molar-refractivity contribution in [2.75, 3.05) is 22.9 Å². The zero-order chi connectivity index (χ0) is 15.1. The van der Waals surface area contributed by atoms with Crippen LogP contribution in [0.4, 0.5) is 16.2 Å². The summed E-state index contributed by atoms with van der Waals surface area (Å²) in [6.07, 6.45) is 5.12. The second-order valence-corrected chi connectivity index (χ2v) is 5.30. The average Bonchev–Trinajstić information content (AvgIpc) is 3.13. The molecule has 1 saturated heterocycles. The summed E-state index contributed by atoms with van der Waals surface area (Å²) < 4.78 is 5.10. The van der Waals surface area contributed by atoms with E-state index in [0.717, 1.165) is 27.9 Å². The number of urea groups is 1. The summed E-state index contributed by atoms with van der Waals surface area (Å²) in [7, 11) is 0. The van der Waals surface area contributed by atoms with Gasteiger partial charge in [0, 0.05) is 30.4 Å². The third kappa shape index (κ3) is 1.92. The maximum Gasteiger partial charge on any atom is 0.329 e. The topological polar surface area (TPSA) is 62.5 Å². The van der Waals surface area contributed by atoms with Gasteiger partial charge in [-0.1, -0.05) is 5.16 Å². The Morgan fingerprint density at radius 3 is 2.86 bits per heavy atom. The molecule has 3 heterocycles. The molecule has 1 fully saturated rings. The van der Waals surface area contributed by atoms with Crippen molar-refractivity contribution in [1.82, 2.24) is 10.1 Å². The lowest BCUT2D eigenvalue weighted by molar-refractivity contribution is 0.256. The quantitative estimate of drug-likeness (QED) is 0.729. The van der Waals surface area contributed by atoms with E-state index in [2.05, 4.69) is 10.1 Å². The van der Waals surface area contributed by atoms with Crippen LogP contribution in [0.1, 0.15) is 5.56 Å². The molecule has 0 bridgehead atoms. The van der Waals surface area contributed by atoms with Gasteiger partial charge in [-0.15, -0.1) is 0 Å². The Morgan fingerprint density at radius 2 is 2.00 bits per heavy atom. The summed E-state index contributed by atoms with van der Waals surface area (Å²) in [6.45, 7) is 3.27. The van der Waals surface area contributed by atoms with E-state index >= 15 is 0 Å². The van der Waals surface area contributed by atoms with E-state index in [9.17, 15) is 4.79 Å². The van der Waals surface area contributed by atoms with Crippen LogP contribution >= 0.6 is 0 Å². The summed E-state index contributed by atoms with van der Waals surface area (Å²) in [5.74, 6) is 0. The van der Waals surface area contributed by atoms with Gasteiger partial charge in [0.25, 0.3) is 0 Å². The molecular weight excluding hydrogens is 280 g/mol. The lowest BCUT2D eigenvalue weighted by Gasteiger charge is -2.19. The first kappa shape index (κ1) is 12.8. The number of pyridine rings is 1. The monoisotopic (exact) mass is 294 g/mol. The highest BCUT2D eigenvalue weighted by Gasteiger charge is 2.31. The molecule has 1 aromatic carbocycles. The maximum absolute atomic E-state index is 12.7. The van der Waals surface area contributed by atoms with Crippen LogP contribution in [0.2, 0.25) is 0 Å². The van der Waals surface area contributed by atoms with Crippen molar-refractivity contribution in [3.05, 3.63) is 48.4 Å². The van der Waals surface area contributed by atoms with Gasteiger partial charge in [-0.25, -0.2) is 4.79 Å². The Balaban J connectivity index is 1.67. The number of hydrogen-bond donors (Lipinski definition) is 0. The number of fused-ring (bicyclic) bond motifs is 1. The first-order chi connectivity index (χ1) is 10.7. The number of aryl methyl sites for hydroxylation is 1. The molecule has 1 aliphatic heterocycles. The van der Waals surface area contributed by atoms with Crippen molar-refractivity contribution in [3.63, 3.8) is 0 Å². The van der Waals surface area contributed by atoms with Crippen molar-refractivity contribution >= 4 is 28.4 Å². The number of aromatic nitrogens is 2. The smallest absolute Gasteiger partial charge is 0.329 e. The number of carbonyl (C=O) groups excluding carboxylic acids is 1. The van der Waals surface area contributed by atoms with Crippen LogP contribution in [-0.2, 0) is 0 Å². The maximum atomic E-state index is 12.7. The predicted molar refractivity (Wildman–Crippen MR) is 83.1 cm³/mol. The standard InChI is InChI=1S/C16H14N4O2/c1-11-4-5-17-10-14(11)20-7-6-19(16(20)21)13-2-3-15-12(8-13)9-18-22-15/h2-5,8-10H,6-7H2,1H3. The van der Waals surface area contributed by atoms with E-state index in [1.807, 2.05) is 31.2 Å². The SMILES string of the molecule is Cc1ccncc1N1CCN(c2ccc3oncc3c2)C1=O. The Hall–Kier alpha value is -2.89. The third-order valence-corrected chi connectivity index (χ3v) is 3.96. The highest BCUT2D eigenvalue weighted by molar-refractivity contribution is 6.07. The van der Waals surface area contributed by atoms with Gasteiger partial charge >= 0.3 is 6.03 Å². The molecule has 110 valence electrons. The molecule has 2 amide bonds. The van der Waals surface area contributed by atoms with E-state index < -0.39 is 0 Å². The summed E-state index contributed by atoms with van der Waals surface area (Å²) in [4.78, 5) is 20.4. The van der Waals surface area contributed by atoms with Crippen LogP contribution in [0.5, 0.6) is 0 Å². The van der Waals surface area contributed by atoms with Gasteiger partial charge in [-0.2, -0.15) is 0 Å². The summed E-state index contributed by atoms with van der Waals surface area (Å²) in [5.41, 5.74) is 3.47. The molecule has 2 aromatic heterocycles. The van der Waals surface area contributed by atoms with Crippen molar-refractivity contribution in [1.29, 1.82) is 0 Å². The van der Waals surface area contributed by atoms with Crippen molar-refractivity contribution in [2.45, 2.75) is 6.92 Å². The lowest BCUT2D eigenvalue weighted by atomic mass is 10.2. The highest BCUT2D eigenvalue weighted by Crippen LogP contribution is 2.28. The zero-order valence-electron chi connectivity index (χ0n) is 12.1. The average molecular weight is 294 g/mol. The van der Waals surface area contributed by atoms with Crippen molar-refractivity contribution in [2.24, 2.45) is 0 Å². The highest BCUT2D eigenvalue weighted by atomic mass is 16.5. The van der Waals surface area contributed by atoms with Gasteiger partial charge in [0.15, 0.2) is 5.58 Å². The summed E-state index contributed by atoms with van der Waals surface area (Å²) in [6, 6.07) is 7.51. The molecule has 0 N–H and O–H groups in total. The van der Waals surface area contributed by atoms with Gasteiger partial charge in [0.1, 0.15) is 0 Å². The Bertz CT molecular complexity index is 858. The number of benzene rings is 1. The fraction of sp³-hybridized carbons (Fsp3) is 0.188. The third-order valence-electron chi connectivity index (χ3n) is 3.96. The van der Waals surface area contributed by atoms with Gasteiger partial charge in [-0.3, -0.25) is 14.8 Å². The molecule has 1 aliphatic rings. The molecular formula is C16H14N4O2.